The third-order valence-corrected chi connectivity index (χ3v) is 6.09. The van der Waals surface area contributed by atoms with E-state index in [-0.39, 0.29) is 0 Å². The number of nitrogens with zero attached hydrogens (tertiary/aromatic N) is 2. The van der Waals surface area contributed by atoms with Gasteiger partial charge in [0.15, 0.2) is 17.5 Å². The zero-order valence-corrected chi connectivity index (χ0v) is 19.5. The molecule has 2 N–H and O–H groups in total. The molecule has 3 aromatic rings. The quantitative estimate of drug-likeness (QED) is 0.546. The van der Waals surface area contributed by atoms with E-state index in [0.717, 1.165) is 45.0 Å². The van der Waals surface area contributed by atoms with E-state index >= 15 is 0 Å². The van der Waals surface area contributed by atoms with Gasteiger partial charge in [-0.3, -0.25) is 4.98 Å². The summed E-state index contributed by atoms with van der Waals surface area (Å²) in [4.78, 5) is 17.4. The van der Waals surface area contributed by atoms with Crippen LogP contribution in [0.3, 0.4) is 0 Å². The Labute approximate surface area is 198 Å². The van der Waals surface area contributed by atoms with Gasteiger partial charge in [0.2, 0.25) is 0 Å². The smallest absolute Gasteiger partial charge is 0.328 e. The number of benzene rings is 2. The number of hydrogen-bond donors (Lipinski definition) is 2. The van der Waals surface area contributed by atoms with Crippen LogP contribution >= 0.6 is 0 Å². The Hall–Kier alpha value is -3.84. The standard InChI is InChI=1S/C27H28N2O5/c1-17-13-21(29(3)24(16-30)27(31)32)15-28-23(17)9-7-19-5-4-6-22(18(19)2)20-8-10-25-26(14-20)34-12-11-33-25/h4-10,13-15,24,30H,11-12,16H2,1-3H3,(H,31,32)/b9-7+. The maximum Gasteiger partial charge on any atom is 0.328 e. The van der Waals surface area contributed by atoms with Crippen LogP contribution in [-0.2, 0) is 4.79 Å². The molecule has 0 saturated heterocycles. The topological polar surface area (TPSA) is 92.1 Å². The van der Waals surface area contributed by atoms with Crippen LogP contribution in [0.1, 0.15) is 22.4 Å². The fourth-order valence-electron chi connectivity index (χ4n) is 4.01. The number of aliphatic hydroxyl groups is 1. The molecule has 1 unspecified atom stereocenters. The van der Waals surface area contributed by atoms with Gasteiger partial charge in [-0.05, 0) is 65.9 Å². The van der Waals surface area contributed by atoms with Crippen molar-refractivity contribution in [1.29, 1.82) is 0 Å². The number of aliphatic carboxylic acids is 1. The zero-order valence-electron chi connectivity index (χ0n) is 19.5. The number of fused-ring (bicyclic) bond motifs is 1. The summed E-state index contributed by atoms with van der Waals surface area (Å²) in [5.74, 6) is 0.452. The van der Waals surface area contributed by atoms with Gasteiger partial charge in [0.25, 0.3) is 0 Å². The lowest BCUT2D eigenvalue weighted by atomic mass is 9.95. The molecule has 1 aromatic heterocycles. The Morgan fingerprint density at radius 1 is 1.12 bits per heavy atom. The van der Waals surface area contributed by atoms with E-state index in [9.17, 15) is 15.0 Å². The summed E-state index contributed by atoms with van der Waals surface area (Å²) in [5.41, 5.74) is 6.71. The van der Waals surface area contributed by atoms with Gasteiger partial charge < -0.3 is 24.6 Å². The Bertz CT molecular complexity index is 1240. The number of ether oxygens (including phenoxy) is 2. The molecule has 4 rings (SSSR count). The molecule has 0 spiro atoms. The van der Waals surface area contributed by atoms with Crippen molar-refractivity contribution in [2.24, 2.45) is 0 Å². The van der Waals surface area contributed by atoms with Crippen molar-refractivity contribution in [3.63, 3.8) is 0 Å². The number of anilines is 1. The van der Waals surface area contributed by atoms with Gasteiger partial charge >= 0.3 is 5.97 Å². The molecule has 1 aliphatic heterocycles. The summed E-state index contributed by atoms with van der Waals surface area (Å²) in [6, 6.07) is 13.0. The molecule has 0 saturated carbocycles. The molecule has 0 fully saturated rings. The van der Waals surface area contributed by atoms with E-state index in [1.807, 2.05) is 49.4 Å². The SMILES string of the molecule is Cc1cc(N(C)C(CO)C(=O)O)cnc1/C=C/c1cccc(-c2ccc3c(c2)OCCO3)c1C. The van der Waals surface area contributed by atoms with E-state index in [1.165, 1.54) is 4.90 Å². The molecule has 1 atom stereocenters. The third-order valence-electron chi connectivity index (χ3n) is 6.09. The number of aromatic nitrogens is 1. The number of hydrogen-bond acceptors (Lipinski definition) is 6. The predicted molar refractivity (Wildman–Crippen MR) is 132 cm³/mol. The Balaban J connectivity index is 1.58. The highest BCUT2D eigenvalue weighted by Gasteiger charge is 2.22. The van der Waals surface area contributed by atoms with Crippen LogP contribution in [0.5, 0.6) is 11.5 Å². The number of carboxylic acid groups (broad SMARTS) is 1. The number of likely N-dealkylation sites (N-methyl/N-ethyl adjacent to an activating group) is 1. The van der Waals surface area contributed by atoms with Crippen LogP contribution in [-0.4, -0.2) is 54.1 Å². The number of aliphatic hydroxyl groups excluding tert-OH is 1. The van der Waals surface area contributed by atoms with Crippen molar-refractivity contribution in [2.75, 3.05) is 31.8 Å². The first-order chi connectivity index (χ1) is 16.4. The van der Waals surface area contributed by atoms with Gasteiger partial charge in [-0.15, -0.1) is 0 Å². The van der Waals surface area contributed by atoms with Gasteiger partial charge in [-0.1, -0.05) is 30.3 Å². The molecule has 2 heterocycles. The van der Waals surface area contributed by atoms with E-state index in [4.69, 9.17) is 9.47 Å². The summed E-state index contributed by atoms with van der Waals surface area (Å²) < 4.78 is 11.4. The van der Waals surface area contributed by atoms with Gasteiger partial charge in [-0.2, -0.15) is 0 Å². The largest absolute Gasteiger partial charge is 0.486 e. The lowest BCUT2D eigenvalue weighted by molar-refractivity contribution is -0.139. The van der Waals surface area contributed by atoms with Gasteiger partial charge in [-0.25, -0.2) is 4.79 Å². The second-order valence-corrected chi connectivity index (χ2v) is 8.25. The third kappa shape index (κ3) is 4.75. The number of carbonyl (C=O) groups is 1. The molecule has 0 bridgehead atoms. The molecular weight excluding hydrogens is 432 g/mol. The molecule has 1 aliphatic rings. The fraction of sp³-hybridized carbons (Fsp3) is 0.259. The number of carboxylic acids is 1. The average Bonchev–Trinajstić information content (AvgIpc) is 2.84. The van der Waals surface area contributed by atoms with Crippen molar-refractivity contribution in [3.05, 3.63) is 71.0 Å². The lowest BCUT2D eigenvalue weighted by Crippen LogP contribution is -2.41. The molecule has 2 aromatic carbocycles. The molecule has 7 heteroatoms. The van der Waals surface area contributed by atoms with Crippen LogP contribution in [0.4, 0.5) is 5.69 Å². The van der Waals surface area contributed by atoms with Crippen LogP contribution in [0.15, 0.2) is 48.7 Å². The maximum absolute atomic E-state index is 11.3. The number of pyridine rings is 1. The molecule has 0 amide bonds. The first kappa shape index (κ1) is 23.3. The number of rotatable bonds is 7. The second kappa shape index (κ2) is 9.97. The van der Waals surface area contributed by atoms with Crippen LogP contribution in [0.2, 0.25) is 0 Å². The summed E-state index contributed by atoms with van der Waals surface area (Å²) in [6.07, 6.45) is 5.61. The van der Waals surface area contributed by atoms with Crippen LogP contribution in [0, 0.1) is 13.8 Å². The summed E-state index contributed by atoms with van der Waals surface area (Å²) in [5, 5.41) is 18.7. The predicted octanol–water partition coefficient (Wildman–Crippen LogP) is 4.19. The molecule has 7 nitrogen and oxygen atoms in total. The Morgan fingerprint density at radius 3 is 2.59 bits per heavy atom. The van der Waals surface area contributed by atoms with E-state index in [0.29, 0.717) is 18.9 Å². The number of aryl methyl sites for hydroxylation is 1. The summed E-state index contributed by atoms with van der Waals surface area (Å²) in [6.45, 7) is 4.65. The van der Waals surface area contributed by atoms with E-state index in [2.05, 4.69) is 24.0 Å². The molecule has 34 heavy (non-hydrogen) atoms. The van der Waals surface area contributed by atoms with Gasteiger partial charge in [0.1, 0.15) is 13.2 Å². The monoisotopic (exact) mass is 460 g/mol. The average molecular weight is 461 g/mol. The summed E-state index contributed by atoms with van der Waals surface area (Å²) in [7, 11) is 1.63. The minimum absolute atomic E-state index is 0.481. The molecule has 0 aliphatic carbocycles. The highest BCUT2D eigenvalue weighted by atomic mass is 16.6. The first-order valence-corrected chi connectivity index (χ1v) is 11.1. The second-order valence-electron chi connectivity index (χ2n) is 8.25. The van der Waals surface area contributed by atoms with Gasteiger partial charge in [0, 0.05) is 7.05 Å². The Morgan fingerprint density at radius 2 is 1.88 bits per heavy atom. The van der Waals surface area contributed by atoms with E-state index in [1.54, 1.807) is 13.2 Å². The zero-order chi connectivity index (χ0) is 24.2. The van der Waals surface area contributed by atoms with Crippen LogP contribution in [0.25, 0.3) is 23.3 Å². The van der Waals surface area contributed by atoms with Crippen molar-refractivity contribution in [1.82, 2.24) is 4.98 Å². The van der Waals surface area contributed by atoms with Crippen molar-refractivity contribution in [2.45, 2.75) is 19.9 Å². The molecular formula is C27H28N2O5. The molecule has 176 valence electrons. The lowest BCUT2D eigenvalue weighted by Gasteiger charge is -2.25. The minimum atomic E-state index is -1.08. The van der Waals surface area contributed by atoms with Crippen LogP contribution < -0.4 is 14.4 Å². The van der Waals surface area contributed by atoms with Crippen molar-refractivity contribution in [3.8, 4) is 22.6 Å². The van der Waals surface area contributed by atoms with Crippen molar-refractivity contribution >= 4 is 23.8 Å². The minimum Gasteiger partial charge on any atom is -0.486 e. The highest BCUT2D eigenvalue weighted by Crippen LogP contribution is 2.36. The maximum atomic E-state index is 11.3. The van der Waals surface area contributed by atoms with Gasteiger partial charge in [0.05, 0.1) is 24.2 Å². The first-order valence-electron chi connectivity index (χ1n) is 11.1. The normalized spacial score (nSPS) is 13.6. The van der Waals surface area contributed by atoms with E-state index < -0.39 is 18.6 Å². The molecule has 0 radical (unpaired) electrons. The van der Waals surface area contributed by atoms with Crippen molar-refractivity contribution < 1.29 is 24.5 Å². The fourth-order valence-corrected chi connectivity index (χ4v) is 4.01. The summed E-state index contributed by atoms with van der Waals surface area (Å²) >= 11 is 0. The Kier molecular flexibility index (Phi) is 6.84. The highest BCUT2D eigenvalue weighted by molar-refractivity contribution is 5.80.